The monoisotopic (exact) mass is 401 g/mol. The van der Waals surface area contributed by atoms with Crippen LogP contribution in [0.25, 0.3) is 0 Å². The van der Waals surface area contributed by atoms with Crippen LogP contribution < -0.4 is 5.32 Å². The number of anilines is 1. The van der Waals surface area contributed by atoms with Gasteiger partial charge in [-0.05, 0) is 64.7 Å². The summed E-state index contributed by atoms with van der Waals surface area (Å²) in [5.74, 6) is 0. The topological polar surface area (TPSA) is 12.0 Å². The van der Waals surface area contributed by atoms with E-state index >= 15 is 0 Å². The number of benzene rings is 2. The average Bonchev–Trinajstić information content (AvgIpc) is 2.36. The first-order valence-corrected chi connectivity index (χ1v) is 7.88. The molecule has 0 aromatic heterocycles. The summed E-state index contributed by atoms with van der Waals surface area (Å²) in [6, 6.07) is 10.3. The normalized spacial score (nSPS) is 10.6. The molecule has 0 aliphatic carbocycles. The average molecular weight is 404 g/mol. The molecule has 1 nitrogen and oxygen atoms in total. The van der Waals surface area contributed by atoms with Gasteiger partial charge in [0.25, 0.3) is 0 Å². The molecule has 0 unspecified atom stereocenters. The Morgan fingerprint density at radius 1 is 1.00 bits per heavy atom. The standard InChI is InChI=1S/C15H14Br2ClN/c1-9-5-11(3-4-12(9)16)8-19-15-7-14(18)10(2)6-13(15)17/h3-7,19H,8H2,1-2H3. The number of hydrogen-bond acceptors (Lipinski definition) is 1. The zero-order valence-corrected chi connectivity index (χ0v) is 14.7. The zero-order valence-electron chi connectivity index (χ0n) is 10.7. The van der Waals surface area contributed by atoms with Crippen molar-refractivity contribution in [1.29, 1.82) is 0 Å². The fourth-order valence-electron chi connectivity index (χ4n) is 1.80. The van der Waals surface area contributed by atoms with Gasteiger partial charge in [-0.3, -0.25) is 0 Å². The molecule has 0 saturated heterocycles. The highest BCUT2D eigenvalue weighted by Crippen LogP contribution is 2.29. The van der Waals surface area contributed by atoms with E-state index in [1.165, 1.54) is 11.1 Å². The summed E-state index contributed by atoms with van der Waals surface area (Å²) in [5, 5.41) is 4.17. The van der Waals surface area contributed by atoms with Crippen LogP contribution in [0.1, 0.15) is 16.7 Å². The molecule has 4 heteroatoms. The summed E-state index contributed by atoms with van der Waals surface area (Å²) < 4.78 is 2.17. The van der Waals surface area contributed by atoms with Crippen molar-refractivity contribution in [3.8, 4) is 0 Å². The maximum Gasteiger partial charge on any atom is 0.0502 e. The largest absolute Gasteiger partial charge is 0.380 e. The lowest BCUT2D eigenvalue weighted by atomic mass is 10.1. The highest BCUT2D eigenvalue weighted by molar-refractivity contribution is 9.10. The second kappa shape index (κ2) is 6.29. The van der Waals surface area contributed by atoms with Gasteiger partial charge in [-0.25, -0.2) is 0 Å². The summed E-state index contributed by atoms with van der Waals surface area (Å²) in [6.07, 6.45) is 0. The van der Waals surface area contributed by atoms with Crippen LogP contribution in [-0.2, 0) is 6.54 Å². The molecule has 0 spiro atoms. The lowest BCUT2D eigenvalue weighted by Gasteiger charge is -2.11. The molecule has 0 radical (unpaired) electrons. The number of aryl methyl sites for hydroxylation is 2. The van der Waals surface area contributed by atoms with Crippen molar-refractivity contribution in [2.24, 2.45) is 0 Å². The van der Waals surface area contributed by atoms with Crippen molar-refractivity contribution in [2.75, 3.05) is 5.32 Å². The Labute approximate surface area is 135 Å². The second-order valence-electron chi connectivity index (χ2n) is 4.52. The molecule has 0 bridgehead atoms. The van der Waals surface area contributed by atoms with Crippen LogP contribution in [0.15, 0.2) is 39.3 Å². The summed E-state index contributed by atoms with van der Waals surface area (Å²) in [6.45, 7) is 4.85. The molecular formula is C15H14Br2ClN. The van der Waals surface area contributed by atoms with E-state index in [0.29, 0.717) is 0 Å². The summed E-state index contributed by atoms with van der Waals surface area (Å²) >= 11 is 13.2. The Balaban J connectivity index is 2.14. The molecule has 0 aliphatic rings. The van der Waals surface area contributed by atoms with Crippen LogP contribution in [0.5, 0.6) is 0 Å². The number of halogens is 3. The number of nitrogens with one attached hydrogen (secondary N) is 1. The van der Waals surface area contributed by atoms with E-state index in [9.17, 15) is 0 Å². The van der Waals surface area contributed by atoms with Crippen LogP contribution in [0, 0.1) is 13.8 Å². The predicted molar refractivity (Wildman–Crippen MR) is 90.1 cm³/mol. The van der Waals surface area contributed by atoms with Crippen LogP contribution in [0.4, 0.5) is 5.69 Å². The van der Waals surface area contributed by atoms with Crippen molar-refractivity contribution in [1.82, 2.24) is 0 Å². The fourth-order valence-corrected chi connectivity index (χ4v) is 2.80. The van der Waals surface area contributed by atoms with Gasteiger partial charge in [0.15, 0.2) is 0 Å². The Kier molecular flexibility index (Phi) is 4.93. The van der Waals surface area contributed by atoms with Crippen molar-refractivity contribution in [3.05, 3.63) is 61.0 Å². The highest BCUT2D eigenvalue weighted by atomic mass is 79.9. The molecule has 2 aromatic rings. The van der Waals surface area contributed by atoms with Crippen LogP contribution in [0.2, 0.25) is 5.02 Å². The first-order valence-electron chi connectivity index (χ1n) is 5.92. The van der Waals surface area contributed by atoms with Gasteiger partial charge in [0.05, 0.1) is 5.69 Å². The summed E-state index contributed by atoms with van der Waals surface area (Å²) in [5.41, 5.74) is 4.55. The molecule has 0 fully saturated rings. The molecule has 0 saturated carbocycles. The lowest BCUT2D eigenvalue weighted by Crippen LogP contribution is -2.01. The molecule has 19 heavy (non-hydrogen) atoms. The SMILES string of the molecule is Cc1cc(Br)c(NCc2ccc(Br)c(C)c2)cc1Cl. The Bertz CT molecular complexity index is 611. The third-order valence-electron chi connectivity index (χ3n) is 2.95. The Hall–Kier alpha value is -0.510. The molecule has 2 aromatic carbocycles. The van der Waals surface area contributed by atoms with Gasteiger partial charge in [-0.15, -0.1) is 0 Å². The fraction of sp³-hybridized carbons (Fsp3) is 0.200. The van der Waals surface area contributed by atoms with E-state index in [4.69, 9.17) is 11.6 Å². The van der Waals surface area contributed by atoms with Gasteiger partial charge < -0.3 is 5.32 Å². The van der Waals surface area contributed by atoms with Crippen LogP contribution in [0.3, 0.4) is 0 Å². The summed E-state index contributed by atoms with van der Waals surface area (Å²) in [7, 11) is 0. The molecule has 0 aliphatic heterocycles. The van der Waals surface area contributed by atoms with E-state index < -0.39 is 0 Å². The third-order valence-corrected chi connectivity index (χ3v) is 4.91. The smallest absolute Gasteiger partial charge is 0.0502 e. The van der Waals surface area contributed by atoms with E-state index in [1.54, 1.807) is 0 Å². The number of hydrogen-bond donors (Lipinski definition) is 1. The third kappa shape index (κ3) is 3.74. The molecule has 0 atom stereocenters. The Morgan fingerprint density at radius 3 is 2.42 bits per heavy atom. The van der Waals surface area contributed by atoms with Gasteiger partial charge in [-0.1, -0.05) is 39.7 Å². The minimum Gasteiger partial charge on any atom is -0.380 e. The molecule has 100 valence electrons. The molecule has 1 N–H and O–H groups in total. The minimum atomic E-state index is 0.770. The number of rotatable bonds is 3. The van der Waals surface area contributed by atoms with Gasteiger partial charge in [0, 0.05) is 20.5 Å². The Morgan fingerprint density at radius 2 is 1.74 bits per heavy atom. The summed E-state index contributed by atoms with van der Waals surface area (Å²) in [4.78, 5) is 0. The minimum absolute atomic E-state index is 0.770. The molecule has 2 rings (SSSR count). The van der Waals surface area contributed by atoms with Crippen molar-refractivity contribution >= 4 is 49.1 Å². The molecular weight excluding hydrogens is 389 g/mol. The first kappa shape index (κ1) is 14.9. The van der Waals surface area contributed by atoms with Crippen molar-refractivity contribution in [3.63, 3.8) is 0 Å². The molecule has 0 amide bonds. The molecule has 0 heterocycles. The quantitative estimate of drug-likeness (QED) is 0.653. The van der Waals surface area contributed by atoms with Crippen molar-refractivity contribution < 1.29 is 0 Å². The van der Waals surface area contributed by atoms with E-state index in [1.807, 2.05) is 19.1 Å². The van der Waals surface area contributed by atoms with E-state index in [0.717, 1.165) is 31.8 Å². The van der Waals surface area contributed by atoms with Gasteiger partial charge in [0.1, 0.15) is 0 Å². The van der Waals surface area contributed by atoms with Crippen LogP contribution in [-0.4, -0.2) is 0 Å². The van der Waals surface area contributed by atoms with Gasteiger partial charge in [0.2, 0.25) is 0 Å². The first-order chi connectivity index (χ1) is 8.97. The maximum absolute atomic E-state index is 6.15. The van der Waals surface area contributed by atoms with Gasteiger partial charge >= 0.3 is 0 Å². The van der Waals surface area contributed by atoms with E-state index in [-0.39, 0.29) is 0 Å². The van der Waals surface area contributed by atoms with Gasteiger partial charge in [-0.2, -0.15) is 0 Å². The highest BCUT2D eigenvalue weighted by Gasteiger charge is 2.04. The van der Waals surface area contributed by atoms with Crippen LogP contribution >= 0.6 is 43.5 Å². The predicted octanol–water partition coefficient (Wildman–Crippen LogP) is 6.09. The van der Waals surface area contributed by atoms with Crippen molar-refractivity contribution in [2.45, 2.75) is 20.4 Å². The maximum atomic E-state index is 6.15. The van der Waals surface area contributed by atoms with E-state index in [2.05, 4.69) is 62.3 Å². The zero-order chi connectivity index (χ0) is 14.0. The second-order valence-corrected chi connectivity index (χ2v) is 6.63. The lowest BCUT2D eigenvalue weighted by molar-refractivity contribution is 1.13.